The van der Waals surface area contributed by atoms with Crippen LogP contribution in [0.1, 0.15) is 25.8 Å². The van der Waals surface area contributed by atoms with Crippen molar-refractivity contribution in [3.05, 3.63) is 35.9 Å². The summed E-state index contributed by atoms with van der Waals surface area (Å²) in [6, 6.07) is 10.8. The van der Waals surface area contributed by atoms with E-state index in [-0.39, 0.29) is 5.54 Å². The van der Waals surface area contributed by atoms with Gasteiger partial charge in [-0.15, -0.1) is 0 Å². The number of ether oxygens (including phenoxy) is 1. The Kier molecular flexibility index (Phi) is 5.37. The van der Waals surface area contributed by atoms with E-state index in [0.717, 1.165) is 45.8 Å². The monoisotopic (exact) mass is 262 g/mol. The molecule has 0 aromatic heterocycles. The summed E-state index contributed by atoms with van der Waals surface area (Å²) in [7, 11) is 0. The zero-order chi connectivity index (χ0) is 13.6. The maximum atomic E-state index is 5.46. The van der Waals surface area contributed by atoms with E-state index in [4.69, 9.17) is 4.74 Å². The molecule has 1 saturated heterocycles. The summed E-state index contributed by atoms with van der Waals surface area (Å²) in [6.07, 6.45) is 1.11. The summed E-state index contributed by atoms with van der Waals surface area (Å²) in [6.45, 7) is 10.4. The van der Waals surface area contributed by atoms with Crippen molar-refractivity contribution in [2.24, 2.45) is 0 Å². The highest BCUT2D eigenvalue weighted by Gasteiger charge is 2.35. The molecule has 0 radical (unpaired) electrons. The highest BCUT2D eigenvalue weighted by Crippen LogP contribution is 2.29. The Bertz CT molecular complexity index is 368. The standard InChI is InChI=1S/C16H26N2O/c1-3-19-13-7-11-18-12-10-17-14-16(18,2)15-8-5-4-6-9-15/h4-6,8-9,17H,3,7,10-14H2,1-2H3. The molecule has 106 valence electrons. The highest BCUT2D eigenvalue weighted by molar-refractivity contribution is 5.25. The predicted molar refractivity (Wildman–Crippen MR) is 79.3 cm³/mol. The molecule has 1 N–H and O–H groups in total. The third kappa shape index (κ3) is 3.56. The van der Waals surface area contributed by atoms with Gasteiger partial charge in [-0.25, -0.2) is 0 Å². The van der Waals surface area contributed by atoms with Crippen LogP contribution in [0, 0.1) is 0 Å². The molecule has 1 aromatic carbocycles. The van der Waals surface area contributed by atoms with E-state index in [0.29, 0.717) is 0 Å². The second-order valence-corrected chi connectivity index (χ2v) is 5.35. The average molecular weight is 262 g/mol. The second kappa shape index (κ2) is 7.04. The van der Waals surface area contributed by atoms with Crippen molar-refractivity contribution < 1.29 is 4.74 Å². The Morgan fingerprint density at radius 3 is 2.84 bits per heavy atom. The fourth-order valence-corrected chi connectivity index (χ4v) is 2.85. The van der Waals surface area contributed by atoms with E-state index in [1.54, 1.807) is 0 Å². The first-order valence-electron chi connectivity index (χ1n) is 7.36. The van der Waals surface area contributed by atoms with Gasteiger partial charge >= 0.3 is 0 Å². The van der Waals surface area contributed by atoms with Crippen LogP contribution < -0.4 is 5.32 Å². The molecule has 1 atom stereocenters. The van der Waals surface area contributed by atoms with Crippen LogP contribution >= 0.6 is 0 Å². The minimum Gasteiger partial charge on any atom is -0.382 e. The molecule has 3 nitrogen and oxygen atoms in total. The molecule has 0 spiro atoms. The summed E-state index contributed by atoms with van der Waals surface area (Å²) < 4.78 is 5.46. The molecule has 2 rings (SSSR count). The third-order valence-corrected chi connectivity index (χ3v) is 4.04. The zero-order valence-corrected chi connectivity index (χ0v) is 12.2. The van der Waals surface area contributed by atoms with Gasteiger partial charge in [0.05, 0.1) is 5.54 Å². The summed E-state index contributed by atoms with van der Waals surface area (Å²) >= 11 is 0. The summed E-state index contributed by atoms with van der Waals surface area (Å²) in [4.78, 5) is 2.60. The van der Waals surface area contributed by atoms with Crippen molar-refractivity contribution in [3.63, 3.8) is 0 Å². The van der Waals surface area contributed by atoms with Crippen LogP contribution in [0.5, 0.6) is 0 Å². The van der Waals surface area contributed by atoms with Gasteiger partial charge in [0.1, 0.15) is 0 Å². The fourth-order valence-electron chi connectivity index (χ4n) is 2.85. The van der Waals surface area contributed by atoms with E-state index in [2.05, 4.69) is 54.4 Å². The van der Waals surface area contributed by atoms with E-state index in [1.807, 2.05) is 0 Å². The van der Waals surface area contributed by atoms with Crippen LogP contribution in [-0.2, 0) is 10.3 Å². The lowest BCUT2D eigenvalue weighted by molar-refractivity contribution is 0.0571. The number of nitrogens with zero attached hydrogens (tertiary/aromatic N) is 1. The maximum absolute atomic E-state index is 5.46. The number of hydrogen-bond donors (Lipinski definition) is 1. The van der Waals surface area contributed by atoms with Crippen LogP contribution in [0.3, 0.4) is 0 Å². The van der Waals surface area contributed by atoms with E-state index >= 15 is 0 Å². The van der Waals surface area contributed by atoms with E-state index < -0.39 is 0 Å². The van der Waals surface area contributed by atoms with Crippen molar-refractivity contribution in [1.29, 1.82) is 0 Å². The van der Waals surface area contributed by atoms with E-state index in [1.165, 1.54) is 5.56 Å². The molecular weight excluding hydrogens is 236 g/mol. The molecule has 1 fully saturated rings. The Morgan fingerprint density at radius 1 is 1.32 bits per heavy atom. The van der Waals surface area contributed by atoms with Gasteiger partial charge in [0.25, 0.3) is 0 Å². The molecular formula is C16H26N2O. The van der Waals surface area contributed by atoms with Gasteiger partial charge in [-0.3, -0.25) is 4.90 Å². The van der Waals surface area contributed by atoms with Crippen molar-refractivity contribution in [2.75, 3.05) is 39.4 Å². The number of benzene rings is 1. The SMILES string of the molecule is CCOCCCN1CCNCC1(C)c1ccccc1. The highest BCUT2D eigenvalue weighted by atomic mass is 16.5. The molecule has 0 saturated carbocycles. The lowest BCUT2D eigenvalue weighted by atomic mass is 9.88. The summed E-state index contributed by atoms with van der Waals surface area (Å²) in [5.41, 5.74) is 1.50. The molecule has 1 aliphatic rings. The zero-order valence-electron chi connectivity index (χ0n) is 12.2. The quantitative estimate of drug-likeness (QED) is 0.796. The van der Waals surface area contributed by atoms with E-state index in [9.17, 15) is 0 Å². The molecule has 0 aliphatic carbocycles. The number of piperazine rings is 1. The smallest absolute Gasteiger partial charge is 0.0557 e. The number of rotatable bonds is 6. The van der Waals surface area contributed by atoms with Crippen LogP contribution in [0.15, 0.2) is 30.3 Å². The Balaban J connectivity index is 2.02. The summed E-state index contributed by atoms with van der Waals surface area (Å²) in [5.74, 6) is 0. The first-order valence-corrected chi connectivity index (χ1v) is 7.36. The molecule has 0 bridgehead atoms. The lowest BCUT2D eigenvalue weighted by Gasteiger charge is -2.45. The van der Waals surface area contributed by atoms with Crippen LogP contribution in [0.4, 0.5) is 0 Å². The van der Waals surface area contributed by atoms with Crippen molar-refractivity contribution in [1.82, 2.24) is 10.2 Å². The lowest BCUT2D eigenvalue weighted by Crippen LogP contribution is -2.57. The molecule has 1 aliphatic heterocycles. The van der Waals surface area contributed by atoms with Crippen molar-refractivity contribution >= 4 is 0 Å². The largest absolute Gasteiger partial charge is 0.382 e. The van der Waals surface area contributed by atoms with Crippen LogP contribution in [-0.4, -0.2) is 44.3 Å². The second-order valence-electron chi connectivity index (χ2n) is 5.35. The minimum absolute atomic E-state index is 0.103. The normalized spacial score (nSPS) is 24.5. The van der Waals surface area contributed by atoms with Gasteiger partial charge in [0.15, 0.2) is 0 Å². The van der Waals surface area contributed by atoms with Gasteiger partial charge < -0.3 is 10.1 Å². The molecule has 19 heavy (non-hydrogen) atoms. The number of nitrogens with one attached hydrogen (secondary N) is 1. The molecule has 1 heterocycles. The fraction of sp³-hybridized carbons (Fsp3) is 0.625. The van der Waals surface area contributed by atoms with Crippen molar-refractivity contribution in [2.45, 2.75) is 25.8 Å². The minimum atomic E-state index is 0.103. The Hall–Kier alpha value is -0.900. The first-order chi connectivity index (χ1) is 9.27. The van der Waals surface area contributed by atoms with Gasteiger partial charge in [0, 0.05) is 39.4 Å². The summed E-state index contributed by atoms with van der Waals surface area (Å²) in [5, 5.41) is 3.53. The molecule has 3 heteroatoms. The molecule has 1 unspecified atom stereocenters. The Morgan fingerprint density at radius 2 is 2.11 bits per heavy atom. The van der Waals surface area contributed by atoms with Crippen LogP contribution in [0.2, 0.25) is 0 Å². The van der Waals surface area contributed by atoms with Crippen LogP contribution in [0.25, 0.3) is 0 Å². The third-order valence-electron chi connectivity index (χ3n) is 4.04. The van der Waals surface area contributed by atoms with Gasteiger partial charge in [-0.2, -0.15) is 0 Å². The van der Waals surface area contributed by atoms with Crippen molar-refractivity contribution in [3.8, 4) is 0 Å². The predicted octanol–water partition coefficient (Wildman–Crippen LogP) is 2.23. The molecule has 0 amide bonds. The Labute approximate surface area is 116 Å². The molecule has 1 aromatic rings. The first kappa shape index (κ1) is 14.5. The number of hydrogen-bond acceptors (Lipinski definition) is 3. The van der Waals surface area contributed by atoms with Gasteiger partial charge in [-0.1, -0.05) is 30.3 Å². The average Bonchev–Trinajstić information content (AvgIpc) is 2.46. The van der Waals surface area contributed by atoms with Gasteiger partial charge in [-0.05, 0) is 25.8 Å². The topological polar surface area (TPSA) is 24.5 Å². The van der Waals surface area contributed by atoms with Gasteiger partial charge in [0.2, 0.25) is 0 Å². The maximum Gasteiger partial charge on any atom is 0.0557 e.